The van der Waals surface area contributed by atoms with Gasteiger partial charge >= 0.3 is 5.97 Å². The molecule has 0 aromatic heterocycles. The largest absolute Gasteiger partial charge is 0.480 e. The molecule has 0 spiro atoms. The molecule has 1 amide bonds. The average molecular weight is 200 g/mol. The molecule has 0 bridgehead atoms. The fourth-order valence-electron chi connectivity index (χ4n) is 1.44. The number of primary amides is 1. The highest BCUT2D eigenvalue weighted by Gasteiger charge is 2.39. The molecule has 78 valence electrons. The maximum Gasteiger partial charge on any atom is 0.329 e. The van der Waals surface area contributed by atoms with Crippen molar-refractivity contribution in [1.82, 2.24) is 10.0 Å². The summed E-state index contributed by atoms with van der Waals surface area (Å²) in [5.74, 6) is -1.85. The monoisotopic (exact) mass is 200 g/mol. The van der Waals surface area contributed by atoms with Crippen molar-refractivity contribution in [3.8, 4) is 0 Å². The molecule has 1 unspecified atom stereocenters. The van der Waals surface area contributed by atoms with Crippen LogP contribution in [0, 0.1) is 0 Å². The molecule has 0 aliphatic carbocycles. The molecule has 0 fully saturated rings. The van der Waals surface area contributed by atoms with Crippen molar-refractivity contribution in [3.63, 3.8) is 0 Å². The second-order valence-electron chi connectivity index (χ2n) is 3.01. The summed E-state index contributed by atoms with van der Waals surface area (Å²) in [6, 6.07) is -1.03. The predicted octanol–water partition coefficient (Wildman–Crippen LogP) is -2.11. The molecule has 0 saturated carbocycles. The lowest BCUT2D eigenvalue weighted by molar-refractivity contribution is -0.144. The summed E-state index contributed by atoms with van der Waals surface area (Å²) in [4.78, 5) is 21.8. The van der Waals surface area contributed by atoms with Gasteiger partial charge in [0.1, 0.15) is 5.70 Å². The van der Waals surface area contributed by atoms with E-state index in [1.807, 2.05) is 0 Å². The van der Waals surface area contributed by atoms with Gasteiger partial charge in [0.2, 0.25) is 0 Å². The third kappa shape index (κ3) is 1.27. The van der Waals surface area contributed by atoms with E-state index in [9.17, 15) is 9.59 Å². The highest BCUT2D eigenvalue weighted by atomic mass is 16.4. The van der Waals surface area contributed by atoms with Crippen LogP contribution in [0.2, 0.25) is 0 Å². The van der Waals surface area contributed by atoms with Crippen molar-refractivity contribution in [2.75, 3.05) is 14.1 Å². The van der Waals surface area contributed by atoms with Crippen molar-refractivity contribution >= 4 is 11.9 Å². The first kappa shape index (κ1) is 10.3. The summed E-state index contributed by atoms with van der Waals surface area (Å²) in [5, 5.41) is 11.5. The number of hydrogen-bond acceptors (Lipinski definition) is 5. The summed E-state index contributed by atoms with van der Waals surface area (Å²) in [6.45, 7) is 0. The quantitative estimate of drug-likeness (QED) is 0.470. The SMILES string of the molecule is CN1C(C(N)=O)=C(N)C(C(=O)O)N1C. The van der Waals surface area contributed by atoms with Crippen LogP contribution in [0.25, 0.3) is 0 Å². The van der Waals surface area contributed by atoms with Crippen molar-refractivity contribution < 1.29 is 14.7 Å². The first-order valence-electron chi connectivity index (χ1n) is 3.86. The molecule has 0 aromatic rings. The molecule has 14 heavy (non-hydrogen) atoms. The molecule has 1 aliphatic heterocycles. The number of carboxylic acids is 1. The van der Waals surface area contributed by atoms with E-state index in [1.165, 1.54) is 24.1 Å². The third-order valence-corrected chi connectivity index (χ3v) is 2.21. The number of carboxylic acid groups (broad SMARTS) is 1. The molecule has 1 rings (SSSR count). The van der Waals surface area contributed by atoms with Crippen molar-refractivity contribution in [1.29, 1.82) is 0 Å². The van der Waals surface area contributed by atoms with Crippen LogP contribution in [-0.2, 0) is 9.59 Å². The number of carbonyl (C=O) groups is 2. The number of rotatable bonds is 2. The predicted molar refractivity (Wildman–Crippen MR) is 47.4 cm³/mol. The van der Waals surface area contributed by atoms with Gasteiger partial charge in [0.25, 0.3) is 5.91 Å². The number of hydrazine groups is 1. The zero-order chi connectivity index (χ0) is 11.0. The molecular formula is C7H12N4O3. The Kier molecular flexibility index (Phi) is 2.35. The molecular weight excluding hydrogens is 188 g/mol. The molecule has 1 atom stereocenters. The Balaban J connectivity index is 3.16. The van der Waals surface area contributed by atoms with Crippen molar-refractivity contribution in [2.24, 2.45) is 11.5 Å². The van der Waals surface area contributed by atoms with Crippen LogP contribution in [-0.4, -0.2) is 47.1 Å². The van der Waals surface area contributed by atoms with Crippen LogP contribution in [0.1, 0.15) is 0 Å². The number of nitrogens with two attached hydrogens (primary N) is 2. The van der Waals surface area contributed by atoms with Crippen LogP contribution in [0.4, 0.5) is 0 Å². The Bertz CT molecular complexity index is 325. The highest BCUT2D eigenvalue weighted by Crippen LogP contribution is 2.22. The van der Waals surface area contributed by atoms with E-state index in [0.29, 0.717) is 0 Å². The number of nitrogens with zero attached hydrogens (tertiary/aromatic N) is 2. The van der Waals surface area contributed by atoms with E-state index in [-0.39, 0.29) is 11.4 Å². The van der Waals surface area contributed by atoms with E-state index in [2.05, 4.69) is 0 Å². The Hall–Kier alpha value is -1.76. The average Bonchev–Trinajstić information content (AvgIpc) is 2.23. The van der Waals surface area contributed by atoms with Gasteiger partial charge in [-0.05, 0) is 0 Å². The minimum Gasteiger partial charge on any atom is -0.480 e. The molecule has 7 nitrogen and oxygen atoms in total. The first-order valence-corrected chi connectivity index (χ1v) is 3.86. The number of aliphatic carboxylic acids is 1. The fourth-order valence-corrected chi connectivity index (χ4v) is 1.44. The minimum absolute atomic E-state index is 0.0277. The smallest absolute Gasteiger partial charge is 0.329 e. The third-order valence-electron chi connectivity index (χ3n) is 2.21. The molecule has 5 N–H and O–H groups in total. The van der Waals surface area contributed by atoms with Crippen LogP contribution in [0.5, 0.6) is 0 Å². The summed E-state index contributed by atoms with van der Waals surface area (Å²) < 4.78 is 0. The maximum atomic E-state index is 11.0. The second kappa shape index (κ2) is 3.18. The van der Waals surface area contributed by atoms with Gasteiger partial charge in [0, 0.05) is 14.1 Å². The van der Waals surface area contributed by atoms with Gasteiger partial charge in [-0.25, -0.2) is 5.01 Å². The summed E-state index contributed by atoms with van der Waals surface area (Å²) in [7, 11) is 3.04. The first-order chi connectivity index (χ1) is 6.37. The number of carbonyl (C=O) groups excluding carboxylic acids is 1. The molecule has 0 radical (unpaired) electrons. The zero-order valence-electron chi connectivity index (χ0n) is 7.89. The van der Waals surface area contributed by atoms with Gasteiger partial charge < -0.3 is 21.6 Å². The van der Waals surface area contributed by atoms with E-state index < -0.39 is 17.9 Å². The number of likely N-dealkylation sites (N-methyl/N-ethyl adjacent to an activating group) is 2. The number of hydrogen-bond donors (Lipinski definition) is 3. The highest BCUT2D eigenvalue weighted by molar-refractivity contribution is 5.94. The number of amides is 1. The molecule has 0 saturated heterocycles. The van der Waals surface area contributed by atoms with Crippen LogP contribution >= 0.6 is 0 Å². The molecule has 1 heterocycles. The Labute approximate surface area is 80.5 Å². The van der Waals surface area contributed by atoms with E-state index >= 15 is 0 Å². The Morgan fingerprint density at radius 2 is 1.93 bits per heavy atom. The molecule has 1 aliphatic rings. The lowest BCUT2D eigenvalue weighted by Crippen LogP contribution is -2.43. The van der Waals surface area contributed by atoms with Crippen LogP contribution < -0.4 is 11.5 Å². The summed E-state index contributed by atoms with van der Waals surface area (Å²) in [5.41, 5.74) is 10.6. The molecule has 7 heteroatoms. The fraction of sp³-hybridized carbons (Fsp3) is 0.429. The van der Waals surface area contributed by atoms with E-state index in [1.54, 1.807) is 0 Å². The van der Waals surface area contributed by atoms with Gasteiger partial charge in [0.15, 0.2) is 6.04 Å². The lowest BCUT2D eigenvalue weighted by Gasteiger charge is -2.25. The standard InChI is InChI=1S/C7H12N4O3/c1-10-4(6(9)12)3(8)5(7(13)14)11(10)2/h5H,8H2,1-2H3,(H2,9,12)(H,13,14). The minimum atomic E-state index is -1.12. The van der Waals surface area contributed by atoms with E-state index in [0.717, 1.165) is 0 Å². The van der Waals surface area contributed by atoms with Crippen molar-refractivity contribution in [2.45, 2.75) is 6.04 Å². The maximum absolute atomic E-state index is 11.0. The summed E-state index contributed by atoms with van der Waals surface area (Å²) in [6.07, 6.45) is 0. The zero-order valence-corrected chi connectivity index (χ0v) is 7.89. The van der Waals surface area contributed by atoms with Gasteiger partial charge in [-0.3, -0.25) is 9.59 Å². The van der Waals surface area contributed by atoms with Crippen LogP contribution in [0.3, 0.4) is 0 Å². The van der Waals surface area contributed by atoms with E-state index in [4.69, 9.17) is 16.6 Å². The van der Waals surface area contributed by atoms with Gasteiger partial charge in [-0.15, -0.1) is 0 Å². The van der Waals surface area contributed by atoms with Gasteiger partial charge in [-0.1, -0.05) is 0 Å². The van der Waals surface area contributed by atoms with Crippen LogP contribution in [0.15, 0.2) is 11.4 Å². The lowest BCUT2D eigenvalue weighted by atomic mass is 10.2. The topological polar surface area (TPSA) is 113 Å². The van der Waals surface area contributed by atoms with Gasteiger partial charge in [-0.2, -0.15) is 0 Å². The summed E-state index contributed by atoms with van der Waals surface area (Å²) >= 11 is 0. The molecule has 0 aromatic carbocycles. The second-order valence-corrected chi connectivity index (χ2v) is 3.01. The Morgan fingerprint density at radius 1 is 1.43 bits per heavy atom. The van der Waals surface area contributed by atoms with Gasteiger partial charge in [0.05, 0.1) is 5.70 Å². The Morgan fingerprint density at radius 3 is 2.14 bits per heavy atom. The normalized spacial score (nSPS) is 23.0. The van der Waals surface area contributed by atoms with Crippen molar-refractivity contribution in [3.05, 3.63) is 11.4 Å².